The maximum absolute atomic E-state index is 10.9. The van der Waals surface area contributed by atoms with Crippen LogP contribution in [0, 0.1) is 0 Å². The summed E-state index contributed by atoms with van der Waals surface area (Å²) >= 11 is 0. The Kier molecular flexibility index (Phi) is 3.63. The van der Waals surface area contributed by atoms with Gasteiger partial charge in [-0.3, -0.25) is 0 Å². The second-order valence-corrected chi connectivity index (χ2v) is 2.19. The standard InChI is InChI=1S/C9H10N2O2/c1-2-13-9(12)5-4-8-10-6-3-7-11-8/h3-7H,2H2,1H3. The average molecular weight is 178 g/mol. The molecule has 0 saturated carbocycles. The highest BCUT2D eigenvalue weighted by Gasteiger charge is 1.93. The number of hydrogen-bond donors (Lipinski definition) is 0. The Morgan fingerprint density at radius 1 is 1.54 bits per heavy atom. The zero-order valence-corrected chi connectivity index (χ0v) is 7.30. The summed E-state index contributed by atoms with van der Waals surface area (Å²) in [6, 6.07) is 1.71. The highest BCUT2D eigenvalue weighted by Crippen LogP contribution is 1.91. The van der Waals surface area contributed by atoms with E-state index in [1.807, 2.05) is 0 Å². The summed E-state index contributed by atoms with van der Waals surface area (Å²) in [5.41, 5.74) is 0. The summed E-state index contributed by atoms with van der Waals surface area (Å²) in [4.78, 5) is 18.7. The van der Waals surface area contributed by atoms with E-state index < -0.39 is 0 Å². The quantitative estimate of drug-likeness (QED) is 0.513. The van der Waals surface area contributed by atoms with E-state index in [0.29, 0.717) is 12.4 Å². The lowest BCUT2D eigenvalue weighted by Gasteiger charge is -1.93. The van der Waals surface area contributed by atoms with Gasteiger partial charge in [-0.05, 0) is 19.1 Å². The third-order valence-electron chi connectivity index (χ3n) is 1.24. The van der Waals surface area contributed by atoms with Gasteiger partial charge in [-0.2, -0.15) is 0 Å². The van der Waals surface area contributed by atoms with E-state index in [1.54, 1.807) is 25.4 Å². The summed E-state index contributed by atoms with van der Waals surface area (Å²) in [7, 11) is 0. The molecular formula is C9H10N2O2. The molecule has 4 nitrogen and oxygen atoms in total. The number of carbonyl (C=O) groups excluding carboxylic acids is 1. The number of ether oxygens (including phenoxy) is 1. The van der Waals surface area contributed by atoms with Crippen LogP contribution in [0.15, 0.2) is 24.5 Å². The normalized spacial score (nSPS) is 10.2. The largest absolute Gasteiger partial charge is 0.463 e. The van der Waals surface area contributed by atoms with Crippen molar-refractivity contribution < 1.29 is 9.53 Å². The molecule has 0 aromatic carbocycles. The number of esters is 1. The molecule has 0 atom stereocenters. The molecule has 0 bridgehead atoms. The van der Waals surface area contributed by atoms with E-state index in [1.165, 1.54) is 12.2 Å². The first-order valence-corrected chi connectivity index (χ1v) is 3.94. The summed E-state index contributed by atoms with van der Waals surface area (Å²) < 4.78 is 4.68. The SMILES string of the molecule is CCOC(=O)C=Cc1ncccn1. The van der Waals surface area contributed by atoms with Crippen molar-refractivity contribution in [2.24, 2.45) is 0 Å². The fraction of sp³-hybridized carbons (Fsp3) is 0.222. The number of rotatable bonds is 3. The van der Waals surface area contributed by atoms with Crippen molar-refractivity contribution in [3.63, 3.8) is 0 Å². The molecule has 1 aromatic rings. The molecule has 68 valence electrons. The van der Waals surface area contributed by atoms with Gasteiger partial charge in [-0.15, -0.1) is 0 Å². The molecule has 0 spiro atoms. The second kappa shape index (κ2) is 5.03. The van der Waals surface area contributed by atoms with Crippen LogP contribution in [0.25, 0.3) is 6.08 Å². The molecule has 1 aromatic heterocycles. The third-order valence-corrected chi connectivity index (χ3v) is 1.24. The topological polar surface area (TPSA) is 52.1 Å². The Bertz CT molecular complexity index is 296. The Balaban J connectivity index is 2.54. The molecule has 1 heterocycles. The molecule has 0 unspecified atom stereocenters. The van der Waals surface area contributed by atoms with Gasteiger partial charge in [-0.25, -0.2) is 14.8 Å². The summed E-state index contributed by atoms with van der Waals surface area (Å²) in [5, 5.41) is 0. The molecule has 0 aliphatic carbocycles. The second-order valence-electron chi connectivity index (χ2n) is 2.19. The summed E-state index contributed by atoms with van der Waals surface area (Å²) in [5.74, 6) is 0.116. The Morgan fingerprint density at radius 2 is 2.23 bits per heavy atom. The van der Waals surface area contributed by atoms with E-state index in [9.17, 15) is 4.79 Å². The Morgan fingerprint density at radius 3 is 2.85 bits per heavy atom. The van der Waals surface area contributed by atoms with Crippen molar-refractivity contribution in [2.75, 3.05) is 6.61 Å². The molecule has 0 amide bonds. The van der Waals surface area contributed by atoms with Gasteiger partial charge >= 0.3 is 5.97 Å². The molecule has 0 N–H and O–H groups in total. The fourth-order valence-electron chi connectivity index (χ4n) is 0.730. The molecule has 0 fully saturated rings. The van der Waals surface area contributed by atoms with Crippen LogP contribution in [0.3, 0.4) is 0 Å². The highest BCUT2D eigenvalue weighted by molar-refractivity contribution is 5.86. The molecule has 0 saturated heterocycles. The molecule has 0 aliphatic rings. The monoisotopic (exact) mass is 178 g/mol. The van der Waals surface area contributed by atoms with Crippen LogP contribution in [0.1, 0.15) is 12.7 Å². The zero-order chi connectivity index (χ0) is 9.52. The first-order chi connectivity index (χ1) is 6.33. The van der Waals surface area contributed by atoms with Crippen molar-refractivity contribution >= 4 is 12.0 Å². The van der Waals surface area contributed by atoms with Crippen molar-refractivity contribution in [2.45, 2.75) is 6.92 Å². The smallest absolute Gasteiger partial charge is 0.330 e. The van der Waals surface area contributed by atoms with Crippen molar-refractivity contribution in [1.82, 2.24) is 9.97 Å². The van der Waals surface area contributed by atoms with Crippen molar-refractivity contribution in [1.29, 1.82) is 0 Å². The van der Waals surface area contributed by atoms with Crippen LogP contribution in [-0.4, -0.2) is 22.5 Å². The van der Waals surface area contributed by atoms with Crippen LogP contribution >= 0.6 is 0 Å². The van der Waals surface area contributed by atoms with Gasteiger partial charge in [0.25, 0.3) is 0 Å². The molecule has 4 heteroatoms. The van der Waals surface area contributed by atoms with E-state index in [4.69, 9.17) is 0 Å². The van der Waals surface area contributed by atoms with Gasteiger partial charge < -0.3 is 4.74 Å². The van der Waals surface area contributed by atoms with Crippen molar-refractivity contribution in [3.8, 4) is 0 Å². The van der Waals surface area contributed by atoms with E-state index in [2.05, 4.69) is 14.7 Å². The van der Waals surface area contributed by atoms with Gasteiger partial charge in [0, 0.05) is 18.5 Å². The van der Waals surface area contributed by atoms with Gasteiger partial charge in [0.2, 0.25) is 0 Å². The number of hydrogen-bond acceptors (Lipinski definition) is 4. The molecule has 1 rings (SSSR count). The van der Waals surface area contributed by atoms with E-state index in [0.717, 1.165) is 0 Å². The molecule has 13 heavy (non-hydrogen) atoms. The Labute approximate surface area is 76.3 Å². The fourth-order valence-corrected chi connectivity index (χ4v) is 0.730. The maximum atomic E-state index is 10.9. The van der Waals surface area contributed by atoms with E-state index in [-0.39, 0.29) is 5.97 Å². The van der Waals surface area contributed by atoms with Gasteiger partial charge in [0.15, 0.2) is 5.82 Å². The molecule has 0 aliphatic heterocycles. The predicted octanol–water partition coefficient (Wildman–Crippen LogP) is 1.05. The van der Waals surface area contributed by atoms with Crippen LogP contribution in [0.5, 0.6) is 0 Å². The van der Waals surface area contributed by atoms with Gasteiger partial charge in [-0.1, -0.05) is 0 Å². The number of carbonyl (C=O) groups is 1. The lowest BCUT2D eigenvalue weighted by atomic mass is 10.4. The van der Waals surface area contributed by atoms with Gasteiger partial charge in [0.05, 0.1) is 6.61 Å². The highest BCUT2D eigenvalue weighted by atomic mass is 16.5. The zero-order valence-electron chi connectivity index (χ0n) is 7.30. The van der Waals surface area contributed by atoms with Crippen LogP contribution < -0.4 is 0 Å². The maximum Gasteiger partial charge on any atom is 0.330 e. The number of nitrogens with zero attached hydrogens (tertiary/aromatic N) is 2. The lowest BCUT2D eigenvalue weighted by Crippen LogP contribution is -1.99. The first kappa shape index (κ1) is 9.38. The minimum atomic E-state index is -0.380. The number of aromatic nitrogens is 2. The average Bonchev–Trinajstić information content (AvgIpc) is 2.17. The Hall–Kier alpha value is -1.71. The minimum absolute atomic E-state index is 0.374. The van der Waals surface area contributed by atoms with Crippen LogP contribution in [0.2, 0.25) is 0 Å². The summed E-state index contributed by atoms with van der Waals surface area (Å²) in [6.07, 6.45) is 6.03. The predicted molar refractivity (Wildman–Crippen MR) is 47.7 cm³/mol. The third kappa shape index (κ3) is 3.46. The first-order valence-electron chi connectivity index (χ1n) is 3.94. The van der Waals surface area contributed by atoms with Crippen molar-refractivity contribution in [3.05, 3.63) is 30.4 Å². The minimum Gasteiger partial charge on any atom is -0.463 e. The van der Waals surface area contributed by atoms with Gasteiger partial charge in [0.1, 0.15) is 0 Å². The molecule has 0 radical (unpaired) electrons. The van der Waals surface area contributed by atoms with Crippen LogP contribution in [-0.2, 0) is 9.53 Å². The van der Waals surface area contributed by atoms with E-state index >= 15 is 0 Å². The molecular weight excluding hydrogens is 168 g/mol. The van der Waals surface area contributed by atoms with Crippen LogP contribution in [0.4, 0.5) is 0 Å². The summed E-state index contributed by atoms with van der Waals surface area (Å²) in [6.45, 7) is 2.13. The lowest BCUT2D eigenvalue weighted by molar-refractivity contribution is -0.137.